The lowest BCUT2D eigenvalue weighted by Crippen LogP contribution is -2.22. The second kappa shape index (κ2) is 10.3. The van der Waals surface area contributed by atoms with Crippen LogP contribution in [-0.2, 0) is 17.9 Å². The number of aromatic hydroxyl groups is 1. The van der Waals surface area contributed by atoms with Crippen molar-refractivity contribution in [3.05, 3.63) is 83.9 Å². The lowest BCUT2D eigenvalue weighted by Gasteiger charge is -2.11. The largest absolute Gasteiger partial charge is 0.508 e. The maximum absolute atomic E-state index is 11.8. The normalized spacial score (nSPS) is 10.5. The molecule has 0 unspecified atom stereocenters. The van der Waals surface area contributed by atoms with Crippen LogP contribution in [0.1, 0.15) is 37.3 Å². The van der Waals surface area contributed by atoms with Crippen LogP contribution in [0, 0.1) is 0 Å². The molecule has 2 N–H and O–H groups in total. The molecule has 0 fully saturated rings. The number of carbonyl (C=O) groups excluding carboxylic acids is 1. The molecular weight excluding hydrogens is 362 g/mol. The number of carbonyl (C=O) groups is 1. The monoisotopic (exact) mass is 389 g/mol. The Balaban J connectivity index is 1.64. The summed E-state index contributed by atoms with van der Waals surface area (Å²) in [5.74, 6) is 0.964. The van der Waals surface area contributed by atoms with Gasteiger partial charge in [-0.25, -0.2) is 0 Å². The molecule has 3 aromatic rings. The molecular formula is C25H27NO3. The fourth-order valence-corrected chi connectivity index (χ4v) is 3.02. The summed E-state index contributed by atoms with van der Waals surface area (Å²) in [6.45, 7) is 2.89. The summed E-state index contributed by atoms with van der Waals surface area (Å²) in [5, 5.41) is 13.2. The lowest BCUT2D eigenvalue weighted by molar-refractivity contribution is -0.121. The van der Waals surface area contributed by atoms with Crippen molar-refractivity contribution in [1.82, 2.24) is 5.32 Å². The van der Waals surface area contributed by atoms with E-state index in [1.165, 1.54) is 0 Å². The molecule has 0 heterocycles. The second-order valence-corrected chi connectivity index (χ2v) is 7.03. The lowest BCUT2D eigenvalue weighted by atomic mass is 10.0. The van der Waals surface area contributed by atoms with Gasteiger partial charge >= 0.3 is 0 Å². The summed E-state index contributed by atoms with van der Waals surface area (Å²) in [6.07, 6.45) is 2.38. The van der Waals surface area contributed by atoms with Gasteiger partial charge in [-0.3, -0.25) is 4.79 Å². The van der Waals surface area contributed by atoms with Crippen LogP contribution in [0.3, 0.4) is 0 Å². The van der Waals surface area contributed by atoms with Gasteiger partial charge in [0, 0.05) is 18.5 Å². The van der Waals surface area contributed by atoms with Crippen LogP contribution in [0.5, 0.6) is 11.5 Å². The maximum atomic E-state index is 11.8. The number of ether oxygens (including phenoxy) is 1. The Labute approximate surface area is 172 Å². The summed E-state index contributed by atoms with van der Waals surface area (Å²) >= 11 is 0. The predicted octanol–water partition coefficient (Wildman–Crippen LogP) is 5.44. The molecule has 0 saturated heterocycles. The van der Waals surface area contributed by atoms with Gasteiger partial charge in [-0.1, -0.05) is 67.9 Å². The summed E-state index contributed by atoms with van der Waals surface area (Å²) in [7, 11) is 0. The fourth-order valence-electron chi connectivity index (χ4n) is 3.02. The molecule has 29 heavy (non-hydrogen) atoms. The van der Waals surface area contributed by atoms with Crippen LogP contribution in [0.4, 0.5) is 0 Å². The van der Waals surface area contributed by atoms with Crippen LogP contribution >= 0.6 is 0 Å². The zero-order valence-electron chi connectivity index (χ0n) is 16.7. The van der Waals surface area contributed by atoms with Crippen LogP contribution in [0.15, 0.2) is 72.8 Å². The Hall–Kier alpha value is -3.27. The SMILES string of the molecule is CCCCC(=O)NCc1ccc(-c2cccc(OCc3ccccc3)c2)cc1O. The highest BCUT2D eigenvalue weighted by molar-refractivity contribution is 5.76. The highest BCUT2D eigenvalue weighted by Gasteiger charge is 2.08. The first-order valence-electron chi connectivity index (χ1n) is 10.0. The van der Waals surface area contributed by atoms with E-state index in [9.17, 15) is 9.90 Å². The fraction of sp³-hybridized carbons (Fsp3) is 0.240. The molecule has 0 bridgehead atoms. The maximum Gasteiger partial charge on any atom is 0.220 e. The smallest absolute Gasteiger partial charge is 0.220 e. The molecule has 0 aliphatic rings. The highest BCUT2D eigenvalue weighted by atomic mass is 16.5. The minimum atomic E-state index is 0.0126. The van der Waals surface area contributed by atoms with Crippen molar-refractivity contribution in [2.45, 2.75) is 39.3 Å². The van der Waals surface area contributed by atoms with Crippen molar-refractivity contribution >= 4 is 5.91 Å². The van der Waals surface area contributed by atoms with Gasteiger partial charge in [0.2, 0.25) is 5.91 Å². The minimum absolute atomic E-state index is 0.0126. The van der Waals surface area contributed by atoms with E-state index in [4.69, 9.17) is 4.74 Å². The van der Waals surface area contributed by atoms with Gasteiger partial charge in [-0.05, 0) is 41.3 Å². The van der Waals surface area contributed by atoms with E-state index in [0.717, 1.165) is 35.3 Å². The van der Waals surface area contributed by atoms with Gasteiger partial charge in [0.1, 0.15) is 18.1 Å². The number of hydrogen-bond acceptors (Lipinski definition) is 3. The molecule has 4 heteroatoms. The summed E-state index contributed by atoms with van der Waals surface area (Å²) in [4.78, 5) is 11.8. The predicted molar refractivity (Wildman–Crippen MR) is 116 cm³/mol. The molecule has 3 aromatic carbocycles. The average molecular weight is 389 g/mol. The van der Waals surface area contributed by atoms with Gasteiger partial charge in [0.05, 0.1) is 0 Å². The zero-order chi connectivity index (χ0) is 20.5. The zero-order valence-corrected chi connectivity index (χ0v) is 16.7. The molecule has 3 rings (SSSR count). The first kappa shape index (κ1) is 20.5. The quantitative estimate of drug-likeness (QED) is 0.512. The van der Waals surface area contributed by atoms with Gasteiger partial charge in [0.25, 0.3) is 0 Å². The molecule has 0 radical (unpaired) electrons. The Morgan fingerprint density at radius 1 is 0.966 bits per heavy atom. The van der Waals surface area contributed by atoms with Gasteiger partial charge < -0.3 is 15.2 Å². The number of benzene rings is 3. The Bertz CT molecular complexity index is 938. The number of hydrogen-bond donors (Lipinski definition) is 2. The van der Waals surface area contributed by atoms with Crippen molar-refractivity contribution < 1.29 is 14.6 Å². The van der Waals surface area contributed by atoms with Crippen LogP contribution in [-0.4, -0.2) is 11.0 Å². The number of unbranched alkanes of at least 4 members (excludes halogenated alkanes) is 1. The second-order valence-electron chi connectivity index (χ2n) is 7.03. The first-order chi connectivity index (χ1) is 14.2. The Kier molecular flexibility index (Phi) is 7.28. The average Bonchev–Trinajstić information content (AvgIpc) is 2.76. The summed E-state index contributed by atoms with van der Waals surface area (Å²) in [6, 6.07) is 23.4. The molecule has 0 atom stereocenters. The van der Waals surface area contributed by atoms with Crippen molar-refractivity contribution in [2.75, 3.05) is 0 Å². The molecule has 0 spiro atoms. The molecule has 0 aliphatic heterocycles. The van der Waals surface area contributed by atoms with E-state index in [2.05, 4.69) is 12.2 Å². The standard InChI is InChI=1S/C25H27NO3/c1-2-3-12-25(28)26-17-22-14-13-21(16-24(22)27)20-10-7-11-23(15-20)29-18-19-8-5-4-6-9-19/h4-11,13-16,27H,2-3,12,17-18H2,1H3,(H,26,28). The third-order valence-electron chi connectivity index (χ3n) is 4.73. The Morgan fingerprint density at radius 2 is 1.76 bits per heavy atom. The van der Waals surface area contributed by atoms with Crippen LogP contribution in [0.2, 0.25) is 0 Å². The van der Waals surface area contributed by atoms with Crippen molar-refractivity contribution in [2.24, 2.45) is 0 Å². The van der Waals surface area contributed by atoms with Gasteiger partial charge in [-0.2, -0.15) is 0 Å². The third kappa shape index (κ3) is 6.11. The Morgan fingerprint density at radius 3 is 2.52 bits per heavy atom. The van der Waals surface area contributed by atoms with E-state index in [-0.39, 0.29) is 11.7 Å². The van der Waals surface area contributed by atoms with E-state index in [1.54, 1.807) is 6.07 Å². The molecule has 150 valence electrons. The molecule has 0 saturated carbocycles. The number of nitrogens with one attached hydrogen (secondary N) is 1. The van der Waals surface area contributed by atoms with Gasteiger partial charge in [-0.15, -0.1) is 0 Å². The van der Waals surface area contributed by atoms with E-state index in [0.29, 0.717) is 25.1 Å². The highest BCUT2D eigenvalue weighted by Crippen LogP contribution is 2.29. The van der Waals surface area contributed by atoms with E-state index < -0.39 is 0 Å². The minimum Gasteiger partial charge on any atom is -0.508 e. The number of phenols is 1. The van der Waals surface area contributed by atoms with Gasteiger partial charge in [0.15, 0.2) is 0 Å². The van der Waals surface area contributed by atoms with Crippen LogP contribution < -0.4 is 10.1 Å². The summed E-state index contributed by atoms with van der Waals surface area (Å²) < 4.78 is 5.90. The number of phenolic OH excluding ortho intramolecular Hbond substituents is 1. The van der Waals surface area contributed by atoms with Crippen molar-refractivity contribution in [3.8, 4) is 22.6 Å². The molecule has 0 aliphatic carbocycles. The number of amides is 1. The van der Waals surface area contributed by atoms with E-state index >= 15 is 0 Å². The third-order valence-corrected chi connectivity index (χ3v) is 4.73. The molecule has 0 aromatic heterocycles. The van der Waals surface area contributed by atoms with E-state index in [1.807, 2.05) is 66.7 Å². The molecule has 4 nitrogen and oxygen atoms in total. The van der Waals surface area contributed by atoms with Crippen molar-refractivity contribution in [1.29, 1.82) is 0 Å². The molecule has 1 amide bonds. The van der Waals surface area contributed by atoms with Crippen molar-refractivity contribution in [3.63, 3.8) is 0 Å². The summed E-state index contributed by atoms with van der Waals surface area (Å²) in [5.41, 5.74) is 3.68. The first-order valence-corrected chi connectivity index (χ1v) is 10.0. The van der Waals surface area contributed by atoms with Crippen LogP contribution in [0.25, 0.3) is 11.1 Å². The number of rotatable bonds is 9. The topological polar surface area (TPSA) is 58.6 Å².